The average molecular weight is 987 g/mol. The summed E-state index contributed by atoms with van der Waals surface area (Å²) in [5, 5.41) is 3.57. The van der Waals surface area contributed by atoms with E-state index < -0.39 is 0 Å². The summed E-state index contributed by atoms with van der Waals surface area (Å²) in [7, 11) is 0. The minimum Gasteiger partial charge on any atom is -0.310 e. The molecular formula is C73H54N4. The van der Waals surface area contributed by atoms with Gasteiger partial charge in [0.05, 0.1) is 22.2 Å². The van der Waals surface area contributed by atoms with Gasteiger partial charge < -0.3 is 18.9 Å². The first-order valence-electron chi connectivity index (χ1n) is 26.3. The minimum atomic E-state index is 1.06. The van der Waals surface area contributed by atoms with Gasteiger partial charge in [-0.25, -0.2) is 0 Å². The Morgan fingerprint density at radius 2 is 0.701 bits per heavy atom. The molecule has 2 aromatic heterocycles. The summed E-state index contributed by atoms with van der Waals surface area (Å²) in [5.41, 5.74) is 21.3. The van der Waals surface area contributed by atoms with Crippen LogP contribution in [-0.4, -0.2) is 9.13 Å². The summed E-state index contributed by atoms with van der Waals surface area (Å²) in [6, 6.07) is 101. The lowest BCUT2D eigenvalue weighted by atomic mass is 10.0. The number of para-hydroxylation sites is 3. The van der Waals surface area contributed by atoms with Gasteiger partial charge in [0.1, 0.15) is 0 Å². The molecule has 13 rings (SSSR count). The molecule has 77 heavy (non-hydrogen) atoms. The van der Waals surface area contributed by atoms with Crippen LogP contribution in [0, 0.1) is 0 Å². The fourth-order valence-electron chi connectivity index (χ4n) is 11.2. The van der Waals surface area contributed by atoms with Crippen LogP contribution in [0.25, 0.3) is 89.6 Å². The van der Waals surface area contributed by atoms with Gasteiger partial charge in [0.25, 0.3) is 0 Å². The number of hydrogen-bond donors (Lipinski definition) is 0. The Morgan fingerprint density at radius 3 is 1.21 bits per heavy atom. The Labute approximate surface area is 450 Å². The SMILES string of the molecule is C=Cc1c(/C=C\C)c2cc(N(c3ccc(-c4ccc(N(c5cccc(-c6ccccc6)c5)c5ccc6c(c5)c5ccccc5n6-c5ccccc5)cc4)cc3)c3cccc(-c4ccccc4)c3)ccc2n1-c1ccccc1. The van der Waals surface area contributed by atoms with Crippen molar-refractivity contribution >= 4 is 79.0 Å². The Kier molecular flexibility index (Phi) is 12.3. The number of allylic oxidation sites excluding steroid dienone is 1. The van der Waals surface area contributed by atoms with Crippen molar-refractivity contribution in [2.24, 2.45) is 0 Å². The second-order valence-electron chi connectivity index (χ2n) is 19.4. The van der Waals surface area contributed by atoms with Crippen LogP contribution in [0.4, 0.5) is 34.1 Å². The first-order valence-corrected chi connectivity index (χ1v) is 26.3. The summed E-state index contributed by atoms with van der Waals surface area (Å²) in [6.07, 6.45) is 6.29. The molecule has 0 fully saturated rings. The summed E-state index contributed by atoms with van der Waals surface area (Å²) in [4.78, 5) is 4.76. The zero-order chi connectivity index (χ0) is 51.7. The van der Waals surface area contributed by atoms with Gasteiger partial charge >= 0.3 is 0 Å². The van der Waals surface area contributed by atoms with Crippen LogP contribution in [0.3, 0.4) is 0 Å². The predicted molar refractivity (Wildman–Crippen MR) is 328 cm³/mol. The molecule has 366 valence electrons. The van der Waals surface area contributed by atoms with Crippen molar-refractivity contribution in [3.8, 4) is 44.8 Å². The summed E-state index contributed by atoms with van der Waals surface area (Å²) in [5.74, 6) is 0. The van der Waals surface area contributed by atoms with Gasteiger partial charge in [-0.2, -0.15) is 0 Å². The molecule has 0 saturated heterocycles. The zero-order valence-corrected chi connectivity index (χ0v) is 42.8. The summed E-state index contributed by atoms with van der Waals surface area (Å²) < 4.78 is 4.69. The molecule has 0 spiro atoms. The van der Waals surface area contributed by atoms with E-state index in [1.54, 1.807) is 0 Å². The van der Waals surface area contributed by atoms with E-state index in [-0.39, 0.29) is 0 Å². The fraction of sp³-hybridized carbons (Fsp3) is 0.0137. The third-order valence-electron chi connectivity index (χ3n) is 14.8. The maximum absolute atomic E-state index is 4.29. The van der Waals surface area contributed by atoms with Crippen molar-refractivity contribution in [3.63, 3.8) is 0 Å². The predicted octanol–water partition coefficient (Wildman–Crippen LogP) is 20.3. The lowest BCUT2D eigenvalue weighted by molar-refractivity contribution is 1.11. The van der Waals surface area contributed by atoms with Gasteiger partial charge in [-0.1, -0.05) is 183 Å². The van der Waals surface area contributed by atoms with Crippen LogP contribution in [0.1, 0.15) is 18.2 Å². The molecule has 2 heterocycles. The maximum atomic E-state index is 4.29. The molecule has 0 N–H and O–H groups in total. The highest BCUT2D eigenvalue weighted by molar-refractivity contribution is 6.11. The van der Waals surface area contributed by atoms with Crippen LogP contribution in [0.2, 0.25) is 0 Å². The lowest BCUT2D eigenvalue weighted by Crippen LogP contribution is -2.10. The van der Waals surface area contributed by atoms with E-state index >= 15 is 0 Å². The molecule has 0 aliphatic rings. The third kappa shape index (κ3) is 8.68. The molecule has 0 aliphatic carbocycles. The maximum Gasteiger partial charge on any atom is 0.0542 e. The van der Waals surface area contributed by atoms with E-state index in [1.165, 1.54) is 32.9 Å². The van der Waals surface area contributed by atoms with Crippen molar-refractivity contribution in [3.05, 3.63) is 303 Å². The Hall–Kier alpha value is -10.2. The van der Waals surface area contributed by atoms with E-state index in [2.05, 4.69) is 324 Å². The van der Waals surface area contributed by atoms with E-state index in [0.29, 0.717) is 0 Å². The standard InChI is InChI=1S/C73H54N4/c1-3-21-66-68-50-64(44-46-72(68)76(70(66)4-2)58-28-13-7-14-29-58)74(62-32-19-26-56(48-62)52-22-9-5-10-23-52)60-40-36-54(37-41-60)55-38-42-61(43-39-55)75(63-33-20-27-57(49-63)53-24-11-6-12-25-53)65-45-47-73-69(51-65)67-34-17-18-35-71(67)77(73)59-30-15-8-16-31-59/h3-51H,2H2,1H3/b21-3-. The smallest absolute Gasteiger partial charge is 0.0542 e. The molecule has 0 radical (unpaired) electrons. The largest absolute Gasteiger partial charge is 0.310 e. The number of hydrogen-bond acceptors (Lipinski definition) is 2. The molecular weight excluding hydrogens is 933 g/mol. The Bertz CT molecular complexity index is 4270. The molecule has 4 nitrogen and oxygen atoms in total. The second-order valence-corrected chi connectivity index (χ2v) is 19.4. The molecule has 0 saturated carbocycles. The van der Waals surface area contributed by atoms with E-state index in [1.807, 2.05) is 6.08 Å². The zero-order valence-electron chi connectivity index (χ0n) is 42.8. The minimum absolute atomic E-state index is 1.06. The van der Waals surface area contributed by atoms with Crippen LogP contribution in [0.5, 0.6) is 0 Å². The third-order valence-corrected chi connectivity index (χ3v) is 14.8. The van der Waals surface area contributed by atoms with Crippen molar-refractivity contribution in [1.82, 2.24) is 9.13 Å². The molecule has 11 aromatic carbocycles. The summed E-state index contributed by atoms with van der Waals surface area (Å²) >= 11 is 0. The van der Waals surface area contributed by atoms with Crippen LogP contribution in [-0.2, 0) is 0 Å². The van der Waals surface area contributed by atoms with Gasteiger partial charge in [0, 0.05) is 67.2 Å². The van der Waals surface area contributed by atoms with Crippen molar-refractivity contribution < 1.29 is 0 Å². The molecule has 0 aliphatic heterocycles. The number of anilines is 6. The van der Waals surface area contributed by atoms with Gasteiger partial charge in [-0.3, -0.25) is 0 Å². The van der Waals surface area contributed by atoms with E-state index in [4.69, 9.17) is 0 Å². The lowest BCUT2D eigenvalue weighted by Gasteiger charge is -2.27. The van der Waals surface area contributed by atoms with Gasteiger partial charge in [-0.15, -0.1) is 0 Å². The second kappa shape index (κ2) is 20.3. The topological polar surface area (TPSA) is 16.3 Å². The highest BCUT2D eigenvalue weighted by Crippen LogP contribution is 2.44. The van der Waals surface area contributed by atoms with E-state index in [0.717, 1.165) is 89.9 Å². The quantitative estimate of drug-likeness (QED) is 0.114. The number of rotatable bonds is 13. The van der Waals surface area contributed by atoms with Gasteiger partial charge in [0.15, 0.2) is 0 Å². The van der Waals surface area contributed by atoms with Crippen LogP contribution < -0.4 is 9.80 Å². The summed E-state index contributed by atoms with van der Waals surface area (Å²) in [6.45, 7) is 6.37. The molecule has 0 bridgehead atoms. The number of benzene rings is 11. The van der Waals surface area contributed by atoms with Crippen LogP contribution >= 0.6 is 0 Å². The molecule has 13 aromatic rings. The van der Waals surface area contributed by atoms with Crippen molar-refractivity contribution in [2.45, 2.75) is 6.92 Å². The normalized spacial score (nSPS) is 11.4. The average Bonchev–Trinajstić information content (AvgIpc) is 4.12. The van der Waals surface area contributed by atoms with Crippen molar-refractivity contribution in [1.29, 1.82) is 0 Å². The van der Waals surface area contributed by atoms with Gasteiger partial charge in [0.2, 0.25) is 0 Å². The highest BCUT2D eigenvalue weighted by atomic mass is 15.1. The first kappa shape index (κ1) is 46.6. The Morgan fingerprint density at radius 1 is 0.312 bits per heavy atom. The monoisotopic (exact) mass is 986 g/mol. The molecule has 0 atom stereocenters. The van der Waals surface area contributed by atoms with Crippen molar-refractivity contribution in [2.75, 3.05) is 9.80 Å². The number of nitrogens with zero attached hydrogens (tertiary/aromatic N) is 4. The first-order chi connectivity index (χ1) is 38.1. The molecule has 0 amide bonds. The van der Waals surface area contributed by atoms with E-state index in [9.17, 15) is 0 Å². The molecule has 4 heteroatoms. The molecule has 0 unspecified atom stereocenters. The van der Waals surface area contributed by atoms with Crippen LogP contribution in [0.15, 0.2) is 292 Å². The number of aromatic nitrogens is 2. The highest BCUT2D eigenvalue weighted by Gasteiger charge is 2.21. The Balaban J connectivity index is 0.902. The van der Waals surface area contributed by atoms with Gasteiger partial charge in [-0.05, 0) is 162 Å². The fourth-order valence-corrected chi connectivity index (χ4v) is 11.2. The number of fused-ring (bicyclic) bond motifs is 4.